The van der Waals surface area contributed by atoms with Crippen LogP contribution in [0.2, 0.25) is 0 Å². The van der Waals surface area contributed by atoms with Gasteiger partial charge in [0.15, 0.2) is 0 Å². The van der Waals surface area contributed by atoms with Crippen molar-refractivity contribution in [3.05, 3.63) is 36.0 Å². The summed E-state index contributed by atoms with van der Waals surface area (Å²) in [5.74, 6) is 10.5. The Labute approximate surface area is 374 Å². The molecular formula is C59H110. The van der Waals surface area contributed by atoms with Crippen LogP contribution in [0.15, 0.2) is 36.0 Å². The van der Waals surface area contributed by atoms with E-state index in [0.29, 0.717) is 0 Å². The zero-order valence-corrected chi connectivity index (χ0v) is 42.2. The number of fused-ring (bicyclic) bond motifs is 2. The van der Waals surface area contributed by atoms with Crippen LogP contribution in [0.4, 0.5) is 0 Å². The van der Waals surface area contributed by atoms with E-state index >= 15 is 0 Å². The van der Waals surface area contributed by atoms with Crippen LogP contribution in [0.5, 0.6) is 0 Å². The monoisotopic (exact) mass is 819 g/mol. The highest BCUT2D eigenvalue weighted by molar-refractivity contribution is 5.00. The fraction of sp³-hybridized carbons (Fsp3) is 0.898. The lowest BCUT2D eigenvalue weighted by atomic mass is 9.88. The average molecular weight is 820 g/mol. The van der Waals surface area contributed by atoms with E-state index in [-0.39, 0.29) is 0 Å². The van der Waals surface area contributed by atoms with Crippen molar-refractivity contribution in [3.8, 4) is 0 Å². The highest BCUT2D eigenvalue weighted by Crippen LogP contribution is 2.47. The lowest BCUT2D eigenvalue weighted by molar-refractivity contribution is 0.346. The topological polar surface area (TPSA) is 0 Å². The smallest absolute Gasteiger partial charge is 0.0322 e. The molecular weight excluding hydrogens is 709 g/mol. The Bertz CT molecular complexity index is 991. The molecule has 0 aromatic carbocycles. The Morgan fingerprint density at radius 3 is 1.07 bits per heavy atom. The van der Waals surface area contributed by atoms with Gasteiger partial charge < -0.3 is 0 Å². The molecule has 2 bridgehead atoms. The molecule has 7 fully saturated rings. The van der Waals surface area contributed by atoms with Gasteiger partial charge in [0.2, 0.25) is 0 Å². The van der Waals surface area contributed by atoms with Crippen LogP contribution in [0, 0.1) is 59.2 Å². The Morgan fingerprint density at radius 2 is 0.780 bits per heavy atom. The van der Waals surface area contributed by atoms with Gasteiger partial charge in [0.1, 0.15) is 0 Å². The molecule has 0 N–H and O–H groups in total. The molecule has 10 aliphatic rings. The maximum absolute atomic E-state index is 2.42. The third-order valence-corrected chi connectivity index (χ3v) is 15.6. The summed E-state index contributed by atoms with van der Waals surface area (Å²) in [5, 5.41) is 0. The van der Waals surface area contributed by atoms with Gasteiger partial charge in [0.05, 0.1) is 0 Å². The minimum Gasteiger partial charge on any atom is -0.0885 e. The van der Waals surface area contributed by atoms with Crippen molar-refractivity contribution in [3.63, 3.8) is 0 Å². The molecule has 0 spiro atoms. The molecule has 0 heterocycles. The first-order chi connectivity index (χ1) is 28.5. The molecule has 7 saturated carbocycles. The second-order valence-electron chi connectivity index (χ2n) is 22.7. The van der Waals surface area contributed by atoms with Crippen LogP contribution in [-0.4, -0.2) is 0 Å². The van der Waals surface area contributed by atoms with Crippen LogP contribution >= 0.6 is 0 Å². The van der Waals surface area contributed by atoms with Crippen molar-refractivity contribution in [2.75, 3.05) is 0 Å². The van der Waals surface area contributed by atoms with Crippen molar-refractivity contribution in [2.24, 2.45) is 59.2 Å². The van der Waals surface area contributed by atoms with Gasteiger partial charge in [-0.25, -0.2) is 0 Å². The Hall–Kier alpha value is -0.780. The Morgan fingerprint density at radius 1 is 0.339 bits per heavy atom. The lowest BCUT2D eigenvalue weighted by Gasteiger charge is -2.18. The van der Waals surface area contributed by atoms with Crippen molar-refractivity contribution in [1.29, 1.82) is 0 Å². The minimum absolute atomic E-state index is 0.935. The zero-order chi connectivity index (χ0) is 42.9. The average Bonchev–Trinajstić information content (AvgIpc) is 3.48. The van der Waals surface area contributed by atoms with Gasteiger partial charge in [0, 0.05) is 0 Å². The van der Waals surface area contributed by atoms with Crippen LogP contribution in [-0.2, 0) is 0 Å². The van der Waals surface area contributed by atoms with E-state index in [4.69, 9.17) is 0 Å². The van der Waals surface area contributed by atoms with Gasteiger partial charge in [-0.3, -0.25) is 0 Å². The summed E-state index contributed by atoms with van der Waals surface area (Å²) < 4.78 is 0. The normalized spacial score (nSPS) is 29.1. The predicted octanol–water partition coefficient (Wildman–Crippen LogP) is 20.7. The highest BCUT2D eigenvalue weighted by atomic mass is 14.4. The van der Waals surface area contributed by atoms with Crippen molar-refractivity contribution in [2.45, 2.75) is 281 Å². The first-order valence-corrected chi connectivity index (χ1v) is 27.5. The minimum atomic E-state index is 0.935. The van der Waals surface area contributed by atoms with Crippen molar-refractivity contribution < 1.29 is 0 Å². The summed E-state index contributed by atoms with van der Waals surface area (Å²) in [6, 6.07) is 0. The molecule has 0 heteroatoms. The van der Waals surface area contributed by atoms with E-state index in [9.17, 15) is 0 Å². The van der Waals surface area contributed by atoms with E-state index < -0.39 is 0 Å². The molecule has 0 aliphatic heterocycles. The molecule has 0 saturated heterocycles. The number of rotatable bonds is 0. The second kappa shape index (κ2) is 35.7. The molecule has 0 aromatic heterocycles. The van der Waals surface area contributed by atoms with Crippen molar-refractivity contribution >= 4 is 0 Å². The maximum atomic E-state index is 2.42. The Balaban J connectivity index is 0.000000230. The molecule has 0 aromatic rings. The van der Waals surface area contributed by atoms with Crippen LogP contribution in [0.25, 0.3) is 0 Å². The molecule has 10 aliphatic carbocycles. The van der Waals surface area contributed by atoms with Gasteiger partial charge in [-0.2, -0.15) is 0 Å². The number of hydrogen-bond acceptors (Lipinski definition) is 0. The van der Waals surface area contributed by atoms with E-state index in [0.717, 1.165) is 59.2 Å². The van der Waals surface area contributed by atoms with Gasteiger partial charge in [-0.15, -0.1) is 0 Å². The number of hydrogen-bond donors (Lipinski definition) is 0. The fourth-order valence-corrected chi connectivity index (χ4v) is 10.2. The van der Waals surface area contributed by atoms with E-state index in [2.05, 4.69) is 92.7 Å². The molecule has 4 atom stereocenters. The van der Waals surface area contributed by atoms with E-state index in [1.165, 1.54) is 193 Å². The molecule has 4 unspecified atom stereocenters. The molecule has 0 radical (unpaired) electrons. The summed E-state index contributed by atoms with van der Waals surface area (Å²) >= 11 is 0. The third kappa shape index (κ3) is 32.5. The largest absolute Gasteiger partial charge is 0.0885 e. The van der Waals surface area contributed by atoms with Gasteiger partial charge in [-0.05, 0) is 143 Å². The first kappa shape index (κ1) is 54.4. The number of allylic oxidation sites excluding steroid dienone is 6. The highest BCUT2D eigenvalue weighted by Gasteiger charge is 2.36. The summed E-state index contributed by atoms with van der Waals surface area (Å²) in [5.41, 5.74) is 1.59. The lowest BCUT2D eigenvalue weighted by Crippen LogP contribution is -2.04. The second-order valence-corrected chi connectivity index (χ2v) is 22.7. The standard InChI is InChI=1S/C8H14.C8H16.C8H14.C7H14.C7H12.C6H12.C6H10.C5H10.C4H8/c1-6-4-7-2-3-8(6)5-7;2*1-8-6-4-2-3-5-7-8;2*1-7-5-3-2-4-6-7;2*1-6-4-2-3-5-6;1-5-3-2-4-5;1-4-2-3-4/h6-8H,2-5H2,1H3;8H,2-7H2,1H3;2,4,8H,3,5-7H2,1H3;7H,2-6H2,1H3;5H,2-4,6H2,1H3;6H,2-5H2,1H3;2-3,6H,4-5H2,1H3;5H,2-4H2,1H3;4H,2-3H2,1H3. The van der Waals surface area contributed by atoms with E-state index in [1.54, 1.807) is 31.3 Å². The van der Waals surface area contributed by atoms with Crippen LogP contribution in [0.3, 0.4) is 0 Å². The SMILES string of the molecule is CC1=CCCCC1.CC1CC1.CC1CC2CCC1C2.CC1CC=CC1.CC1CC=CCCC1.CC1CCC1.CC1CCCC1.CC1CCCCC1.CC1CCCCCC1. The predicted molar refractivity (Wildman–Crippen MR) is 269 cm³/mol. The third-order valence-electron chi connectivity index (χ3n) is 15.6. The Kier molecular flexibility index (Phi) is 32.8. The summed E-state index contributed by atoms with van der Waals surface area (Å²) in [6.07, 6.45) is 61.0. The molecule has 10 rings (SSSR count). The fourth-order valence-electron chi connectivity index (χ4n) is 10.2. The zero-order valence-electron chi connectivity index (χ0n) is 42.2. The van der Waals surface area contributed by atoms with Crippen LogP contribution < -0.4 is 0 Å². The van der Waals surface area contributed by atoms with Gasteiger partial charge >= 0.3 is 0 Å². The summed E-state index contributed by atoms with van der Waals surface area (Å²) in [4.78, 5) is 0. The maximum Gasteiger partial charge on any atom is -0.0322 e. The van der Waals surface area contributed by atoms with Gasteiger partial charge in [0.25, 0.3) is 0 Å². The molecule has 59 heavy (non-hydrogen) atoms. The molecule has 0 amide bonds. The molecule has 0 nitrogen and oxygen atoms in total. The van der Waals surface area contributed by atoms with Crippen molar-refractivity contribution in [1.82, 2.24) is 0 Å². The van der Waals surface area contributed by atoms with Crippen LogP contribution in [0.1, 0.15) is 281 Å². The first-order valence-electron chi connectivity index (χ1n) is 27.5. The van der Waals surface area contributed by atoms with E-state index in [1.807, 2.05) is 0 Å². The summed E-state index contributed by atoms with van der Waals surface area (Å²) in [6.45, 7) is 20.9. The quantitative estimate of drug-likeness (QED) is 0.169. The molecule has 346 valence electrons. The van der Waals surface area contributed by atoms with Gasteiger partial charge in [-0.1, -0.05) is 233 Å². The summed E-state index contributed by atoms with van der Waals surface area (Å²) in [7, 11) is 0.